The van der Waals surface area contributed by atoms with E-state index in [-0.39, 0.29) is 36.1 Å². The zero-order valence-corrected chi connectivity index (χ0v) is 17.7. The third-order valence-corrected chi connectivity index (χ3v) is 4.92. The zero-order chi connectivity index (χ0) is 22.1. The lowest BCUT2D eigenvalue weighted by molar-refractivity contribution is -0.121. The van der Waals surface area contributed by atoms with Gasteiger partial charge in [-0.1, -0.05) is 6.08 Å². The van der Waals surface area contributed by atoms with E-state index in [0.717, 1.165) is 25.9 Å². The molecule has 1 amide bonds. The van der Waals surface area contributed by atoms with Crippen LogP contribution in [0.25, 0.3) is 11.4 Å². The van der Waals surface area contributed by atoms with E-state index in [9.17, 15) is 9.59 Å². The molecule has 1 fully saturated rings. The molecular formula is C22H28N4O5. The van der Waals surface area contributed by atoms with Crippen molar-refractivity contribution in [3.8, 4) is 22.9 Å². The fourth-order valence-corrected chi connectivity index (χ4v) is 3.19. The average Bonchev–Trinajstić information content (AvgIpc) is 3.31. The first-order chi connectivity index (χ1) is 15.1. The van der Waals surface area contributed by atoms with Crippen LogP contribution in [0.1, 0.15) is 31.4 Å². The van der Waals surface area contributed by atoms with E-state index < -0.39 is 0 Å². The molecule has 31 heavy (non-hydrogen) atoms. The van der Waals surface area contributed by atoms with Crippen LogP contribution in [-0.4, -0.2) is 54.1 Å². The second kappa shape index (κ2) is 11.3. The standard InChI is InChI=1S/C22H28N4O5/c1-3-4-11-31-18-9-7-15(13-19(18)29-2)21-24-22(28)17(25-26-21)8-10-20(27)23-14-16-6-5-12-30-16/h3,7,9,13,16H,1,4-6,8,10-12,14H2,2H3,(H,23,27)(H,24,26,28)/t16-/m0/s1. The van der Waals surface area contributed by atoms with Crippen LogP contribution in [-0.2, 0) is 16.0 Å². The van der Waals surface area contributed by atoms with Crippen molar-refractivity contribution in [2.75, 3.05) is 26.9 Å². The summed E-state index contributed by atoms with van der Waals surface area (Å²) in [6.45, 7) is 5.40. The molecule has 9 heteroatoms. The van der Waals surface area contributed by atoms with Crippen molar-refractivity contribution in [1.29, 1.82) is 0 Å². The number of hydrogen-bond donors (Lipinski definition) is 2. The summed E-state index contributed by atoms with van der Waals surface area (Å²) in [6.07, 6.45) is 4.93. The molecule has 1 aliphatic heterocycles. The minimum Gasteiger partial charge on any atom is -0.493 e. The second-order valence-electron chi connectivity index (χ2n) is 7.18. The van der Waals surface area contributed by atoms with E-state index in [1.54, 1.807) is 31.4 Å². The van der Waals surface area contributed by atoms with Gasteiger partial charge in [0.15, 0.2) is 17.3 Å². The average molecular weight is 428 g/mol. The first kappa shape index (κ1) is 22.5. The summed E-state index contributed by atoms with van der Waals surface area (Å²) in [6, 6.07) is 5.24. The van der Waals surface area contributed by atoms with E-state index in [4.69, 9.17) is 14.2 Å². The Morgan fingerprint density at radius 3 is 2.97 bits per heavy atom. The van der Waals surface area contributed by atoms with Crippen molar-refractivity contribution in [3.05, 3.63) is 46.9 Å². The maximum atomic E-state index is 12.4. The van der Waals surface area contributed by atoms with Crippen LogP contribution in [0, 0.1) is 0 Å². The quantitative estimate of drug-likeness (QED) is 0.416. The lowest BCUT2D eigenvalue weighted by Gasteiger charge is -2.11. The summed E-state index contributed by atoms with van der Waals surface area (Å²) in [5, 5.41) is 11.0. The number of carbonyl (C=O) groups excluding carboxylic acids is 1. The van der Waals surface area contributed by atoms with Gasteiger partial charge in [-0.15, -0.1) is 16.8 Å². The van der Waals surface area contributed by atoms with Gasteiger partial charge in [0.2, 0.25) is 5.91 Å². The molecule has 2 N–H and O–H groups in total. The highest BCUT2D eigenvalue weighted by atomic mass is 16.5. The number of hydrogen-bond acceptors (Lipinski definition) is 7. The van der Waals surface area contributed by atoms with Crippen molar-refractivity contribution < 1.29 is 19.0 Å². The predicted molar refractivity (Wildman–Crippen MR) is 115 cm³/mol. The van der Waals surface area contributed by atoms with Gasteiger partial charge in [0, 0.05) is 31.6 Å². The number of carbonyl (C=O) groups is 1. The Balaban J connectivity index is 1.60. The summed E-state index contributed by atoms with van der Waals surface area (Å²) in [7, 11) is 1.54. The topological polar surface area (TPSA) is 115 Å². The monoisotopic (exact) mass is 428 g/mol. The van der Waals surface area contributed by atoms with E-state index in [2.05, 4.69) is 27.1 Å². The Labute approximate surface area is 180 Å². The molecule has 0 spiro atoms. The van der Waals surface area contributed by atoms with Crippen molar-refractivity contribution in [1.82, 2.24) is 20.5 Å². The second-order valence-corrected chi connectivity index (χ2v) is 7.18. The Morgan fingerprint density at radius 2 is 2.26 bits per heavy atom. The number of rotatable bonds is 11. The molecule has 3 rings (SSSR count). The fourth-order valence-electron chi connectivity index (χ4n) is 3.19. The van der Waals surface area contributed by atoms with E-state index in [1.807, 2.05) is 0 Å². The first-order valence-corrected chi connectivity index (χ1v) is 10.4. The number of benzene rings is 1. The van der Waals surface area contributed by atoms with E-state index in [1.165, 1.54) is 0 Å². The van der Waals surface area contributed by atoms with Crippen molar-refractivity contribution in [2.24, 2.45) is 0 Å². The van der Waals surface area contributed by atoms with Gasteiger partial charge in [-0.3, -0.25) is 9.59 Å². The van der Waals surface area contributed by atoms with E-state index >= 15 is 0 Å². The molecule has 1 atom stereocenters. The molecular weight excluding hydrogens is 400 g/mol. The van der Waals surface area contributed by atoms with Crippen LogP contribution in [0.3, 0.4) is 0 Å². The van der Waals surface area contributed by atoms with Crippen LogP contribution in [0.4, 0.5) is 0 Å². The van der Waals surface area contributed by atoms with Crippen molar-refractivity contribution in [3.63, 3.8) is 0 Å². The molecule has 0 bridgehead atoms. The summed E-state index contributed by atoms with van der Waals surface area (Å²) < 4.78 is 16.5. The molecule has 9 nitrogen and oxygen atoms in total. The van der Waals surface area contributed by atoms with Gasteiger partial charge >= 0.3 is 0 Å². The Kier molecular flexibility index (Phi) is 8.17. The molecule has 1 aliphatic rings. The lowest BCUT2D eigenvalue weighted by Crippen LogP contribution is -2.32. The number of ether oxygens (including phenoxy) is 3. The van der Waals surface area contributed by atoms with Crippen LogP contribution in [0.2, 0.25) is 0 Å². The van der Waals surface area contributed by atoms with Gasteiger partial charge in [-0.05, 0) is 37.5 Å². The summed E-state index contributed by atoms with van der Waals surface area (Å²) in [5.41, 5.74) is 0.480. The minimum absolute atomic E-state index is 0.0854. The minimum atomic E-state index is -0.373. The smallest absolute Gasteiger partial charge is 0.273 e. The molecule has 2 heterocycles. The van der Waals surface area contributed by atoms with Gasteiger partial charge in [-0.25, -0.2) is 0 Å². The molecule has 166 valence electrons. The third-order valence-electron chi connectivity index (χ3n) is 4.92. The van der Waals surface area contributed by atoms with Gasteiger partial charge < -0.3 is 24.5 Å². The highest BCUT2D eigenvalue weighted by Crippen LogP contribution is 2.31. The fraction of sp³-hybridized carbons (Fsp3) is 0.455. The summed E-state index contributed by atoms with van der Waals surface area (Å²) >= 11 is 0. The molecule has 2 aromatic rings. The number of aromatic nitrogens is 3. The SMILES string of the molecule is C=CCCOc1ccc(-c2nnc(CCC(=O)NC[C@@H]3CCCO3)c(=O)[nH]2)cc1OC. The van der Waals surface area contributed by atoms with Gasteiger partial charge in [-0.2, -0.15) is 0 Å². The molecule has 1 aromatic heterocycles. The van der Waals surface area contributed by atoms with Crippen LogP contribution >= 0.6 is 0 Å². The van der Waals surface area contributed by atoms with Gasteiger partial charge in [0.25, 0.3) is 5.56 Å². The number of amides is 1. The first-order valence-electron chi connectivity index (χ1n) is 10.4. The molecule has 1 aromatic carbocycles. The maximum absolute atomic E-state index is 12.4. The highest BCUT2D eigenvalue weighted by molar-refractivity contribution is 5.76. The number of nitrogens with zero attached hydrogens (tertiary/aromatic N) is 2. The van der Waals surface area contributed by atoms with Crippen LogP contribution < -0.4 is 20.3 Å². The van der Waals surface area contributed by atoms with Crippen molar-refractivity contribution >= 4 is 5.91 Å². The van der Waals surface area contributed by atoms with Gasteiger partial charge in [0.1, 0.15) is 5.69 Å². The number of methoxy groups -OCH3 is 1. The molecule has 0 saturated carbocycles. The molecule has 0 aliphatic carbocycles. The third kappa shape index (κ3) is 6.39. The summed E-state index contributed by atoms with van der Waals surface area (Å²) in [4.78, 5) is 27.2. The Hall–Kier alpha value is -3.20. The van der Waals surface area contributed by atoms with Crippen molar-refractivity contribution in [2.45, 2.75) is 38.2 Å². The molecule has 1 saturated heterocycles. The Bertz CT molecular complexity index is 953. The predicted octanol–water partition coefficient (Wildman–Crippen LogP) is 2.02. The number of aromatic amines is 1. The van der Waals surface area contributed by atoms with E-state index in [0.29, 0.717) is 36.0 Å². The molecule has 0 unspecified atom stereocenters. The largest absolute Gasteiger partial charge is 0.493 e. The number of nitrogens with one attached hydrogen (secondary N) is 2. The van der Waals surface area contributed by atoms with Crippen LogP contribution in [0.15, 0.2) is 35.6 Å². The van der Waals surface area contributed by atoms with Gasteiger partial charge in [0.05, 0.1) is 19.8 Å². The highest BCUT2D eigenvalue weighted by Gasteiger charge is 2.17. The lowest BCUT2D eigenvalue weighted by atomic mass is 10.2. The number of aryl methyl sites for hydroxylation is 1. The van der Waals surface area contributed by atoms with Crippen LogP contribution in [0.5, 0.6) is 11.5 Å². The molecule has 0 radical (unpaired) electrons. The Morgan fingerprint density at radius 1 is 1.39 bits per heavy atom. The normalized spacial score (nSPS) is 15.5. The summed E-state index contributed by atoms with van der Waals surface area (Å²) in [5.74, 6) is 1.29. The maximum Gasteiger partial charge on any atom is 0.273 e. The number of H-pyrrole nitrogens is 1. The zero-order valence-electron chi connectivity index (χ0n) is 17.7.